The number of carbonyl (C=O) groups excluding carboxylic acids is 5. The number of likely N-dealkylation sites (N-methyl/N-ethyl adjacent to an activating group) is 1. The molecule has 220 valence electrons. The quantitative estimate of drug-likeness (QED) is 0.138. The number of carbonyl (C=O) groups is 5. The number of allylic oxidation sites excluding steroid dienone is 1. The topological polar surface area (TPSA) is 223 Å². The fraction of sp³-hybridized carbons (Fsp3) is 0.423. The van der Waals surface area contributed by atoms with E-state index in [1.807, 2.05) is 5.32 Å². The Hall–Kier alpha value is -4.14. The van der Waals surface area contributed by atoms with E-state index < -0.39 is 81.6 Å². The first-order valence-corrected chi connectivity index (χ1v) is 13.0. The minimum atomic E-state index is -2.78. The molecule has 0 spiro atoms. The third kappa shape index (κ3) is 4.47. The highest BCUT2D eigenvalue weighted by Gasteiger charge is 2.63. The second kappa shape index (κ2) is 10.4. The summed E-state index contributed by atoms with van der Waals surface area (Å²) in [6.07, 6.45) is -0.00480. The van der Waals surface area contributed by atoms with E-state index in [1.54, 1.807) is 33.1 Å². The number of aromatic hydroxyl groups is 1. The van der Waals surface area contributed by atoms with Gasteiger partial charge < -0.3 is 36.4 Å². The number of primary amides is 1. The maximum absolute atomic E-state index is 14.0. The fourth-order valence-electron chi connectivity index (χ4n) is 6.11. The summed E-state index contributed by atoms with van der Waals surface area (Å²) >= 11 is 5.41. The minimum absolute atomic E-state index is 0.0623. The molecule has 3 aliphatic carbocycles. The number of Topliss-reactive ketones (excluding diaryl/α,β-unsaturated/α-hetero) is 2. The first kappa shape index (κ1) is 29.8. The van der Waals surface area contributed by atoms with Crippen LogP contribution in [0.4, 0.5) is 16.2 Å². The smallest absolute Gasteiger partial charge is 0.326 e. The molecule has 0 unspecified atom stereocenters. The largest absolute Gasteiger partial charge is 0.510 e. The molecule has 0 fully saturated rings. The molecule has 4 amide bonds. The number of anilines is 2. The van der Waals surface area contributed by atoms with Crippen molar-refractivity contribution in [2.75, 3.05) is 44.3 Å². The number of phenolic OH excluding ortho intramolecular Hbond substituents is 1. The van der Waals surface area contributed by atoms with Crippen LogP contribution in [0.15, 0.2) is 28.7 Å². The zero-order valence-corrected chi connectivity index (χ0v) is 23.4. The van der Waals surface area contributed by atoms with Gasteiger partial charge in [-0.25, -0.2) is 4.79 Å². The molecule has 15 heteroatoms. The van der Waals surface area contributed by atoms with Crippen LogP contribution in [0.5, 0.6) is 5.75 Å². The number of nitrogens with one attached hydrogen (secondary N) is 2. The lowest BCUT2D eigenvalue weighted by molar-refractivity contribution is -0.148. The standard InChI is InChI=1S/C26H30ClN5O9/c1-31(2)13-7-12(29-25(40)30-14(33)8-27)19(34)16-10(13)5-9-6-11-18(32(3)4)21(36)17(24(28)39)23(38)26(11,41)22(37)15(9)20(16)35/h7,9,11,18,34,36-37,41H,5-6,8H2,1-4H3,(H2,28,39)(H2,29,30,33,40)/t9-,11-,18-,26-/m0/s1. The molecular weight excluding hydrogens is 562 g/mol. The molecule has 0 heterocycles. The number of urea groups is 1. The Bertz CT molecular complexity index is 1470. The van der Waals surface area contributed by atoms with Crippen molar-refractivity contribution < 1.29 is 44.4 Å². The monoisotopic (exact) mass is 591 g/mol. The van der Waals surface area contributed by atoms with Gasteiger partial charge in [0.1, 0.15) is 23.0 Å². The van der Waals surface area contributed by atoms with Crippen molar-refractivity contribution in [1.82, 2.24) is 10.2 Å². The zero-order valence-electron chi connectivity index (χ0n) is 22.6. The summed E-state index contributed by atoms with van der Waals surface area (Å²) in [5, 5.41) is 49.3. The number of benzene rings is 1. The molecule has 14 nitrogen and oxygen atoms in total. The molecule has 0 saturated heterocycles. The van der Waals surface area contributed by atoms with Gasteiger partial charge in [-0.1, -0.05) is 0 Å². The van der Waals surface area contributed by atoms with Crippen LogP contribution < -0.4 is 21.3 Å². The van der Waals surface area contributed by atoms with Gasteiger partial charge in [-0.2, -0.15) is 0 Å². The number of imide groups is 1. The third-order valence-electron chi connectivity index (χ3n) is 7.80. The maximum atomic E-state index is 14.0. The van der Waals surface area contributed by atoms with Gasteiger partial charge >= 0.3 is 6.03 Å². The van der Waals surface area contributed by atoms with Crippen molar-refractivity contribution in [1.29, 1.82) is 0 Å². The Morgan fingerprint density at radius 2 is 1.78 bits per heavy atom. The van der Waals surface area contributed by atoms with Crippen LogP contribution in [0.1, 0.15) is 22.3 Å². The van der Waals surface area contributed by atoms with E-state index in [-0.39, 0.29) is 29.7 Å². The number of alkyl halides is 1. The number of fused-ring (bicyclic) bond motifs is 3. The fourth-order valence-corrected chi connectivity index (χ4v) is 6.17. The van der Waals surface area contributed by atoms with E-state index in [2.05, 4.69) is 5.32 Å². The van der Waals surface area contributed by atoms with Gasteiger partial charge in [0, 0.05) is 31.3 Å². The Morgan fingerprint density at radius 3 is 2.32 bits per heavy atom. The van der Waals surface area contributed by atoms with E-state index in [4.69, 9.17) is 17.3 Å². The predicted molar refractivity (Wildman–Crippen MR) is 146 cm³/mol. The summed E-state index contributed by atoms with van der Waals surface area (Å²) in [5.41, 5.74) is 1.58. The van der Waals surface area contributed by atoms with E-state index >= 15 is 0 Å². The highest BCUT2D eigenvalue weighted by atomic mass is 35.5. The molecule has 1 aromatic rings. The molecule has 4 atom stereocenters. The third-order valence-corrected chi connectivity index (χ3v) is 8.05. The predicted octanol–water partition coefficient (Wildman–Crippen LogP) is 0.0735. The summed E-state index contributed by atoms with van der Waals surface area (Å²) in [4.78, 5) is 66.4. The molecule has 0 radical (unpaired) electrons. The van der Waals surface area contributed by atoms with Crippen molar-refractivity contribution in [3.8, 4) is 5.75 Å². The second-order valence-corrected chi connectivity index (χ2v) is 10.9. The van der Waals surface area contributed by atoms with E-state index in [9.17, 15) is 44.4 Å². The number of phenols is 1. The highest BCUT2D eigenvalue weighted by Crippen LogP contribution is 2.53. The van der Waals surface area contributed by atoms with E-state index in [1.165, 1.54) is 11.0 Å². The summed E-state index contributed by atoms with van der Waals surface area (Å²) in [6.45, 7) is 0. The Labute approximate surface area is 239 Å². The lowest BCUT2D eigenvalue weighted by atomic mass is 9.58. The summed E-state index contributed by atoms with van der Waals surface area (Å²) in [5.74, 6) is -9.15. The summed E-state index contributed by atoms with van der Waals surface area (Å²) in [6, 6.07) is -0.731. The van der Waals surface area contributed by atoms with Crippen LogP contribution in [-0.2, 0) is 20.8 Å². The van der Waals surface area contributed by atoms with Crippen LogP contribution >= 0.6 is 11.6 Å². The number of hydrogen-bond donors (Lipinski definition) is 7. The summed E-state index contributed by atoms with van der Waals surface area (Å²) in [7, 11) is 6.41. The number of nitrogens with zero attached hydrogens (tertiary/aromatic N) is 2. The van der Waals surface area contributed by atoms with E-state index in [0.717, 1.165) is 0 Å². The summed E-state index contributed by atoms with van der Waals surface area (Å²) < 4.78 is 0. The molecule has 41 heavy (non-hydrogen) atoms. The number of aliphatic hydroxyl groups is 3. The van der Waals surface area contributed by atoms with Crippen LogP contribution in [0, 0.1) is 11.8 Å². The number of halogens is 1. The van der Waals surface area contributed by atoms with Gasteiger partial charge in [-0.3, -0.25) is 29.4 Å². The zero-order chi connectivity index (χ0) is 30.7. The van der Waals surface area contributed by atoms with Gasteiger partial charge in [0.25, 0.3) is 5.91 Å². The number of ketones is 2. The number of hydrogen-bond acceptors (Lipinski definition) is 11. The van der Waals surface area contributed by atoms with Crippen LogP contribution in [0.2, 0.25) is 0 Å². The van der Waals surface area contributed by atoms with Gasteiger partial charge in [-0.05, 0) is 44.5 Å². The first-order chi connectivity index (χ1) is 19.1. The Kier molecular flexibility index (Phi) is 7.54. The van der Waals surface area contributed by atoms with Crippen LogP contribution in [-0.4, -0.2) is 100 Å². The lowest BCUT2D eigenvalue weighted by Gasteiger charge is -2.50. The molecular formula is C26H30ClN5O9. The average molecular weight is 592 g/mol. The van der Waals surface area contributed by atoms with Crippen molar-refractivity contribution >= 4 is 52.4 Å². The Balaban J connectivity index is 1.91. The Morgan fingerprint density at radius 1 is 1.15 bits per heavy atom. The van der Waals surface area contributed by atoms with Crippen molar-refractivity contribution in [3.63, 3.8) is 0 Å². The molecule has 0 aromatic heterocycles. The normalized spacial score (nSPS) is 25.4. The number of aliphatic hydroxyl groups excluding tert-OH is 2. The molecule has 3 aliphatic rings. The van der Waals surface area contributed by atoms with Gasteiger partial charge in [0.2, 0.25) is 11.7 Å². The second-order valence-electron chi connectivity index (χ2n) is 10.6. The molecule has 0 aliphatic heterocycles. The van der Waals surface area contributed by atoms with Gasteiger partial charge in [0.15, 0.2) is 17.1 Å². The van der Waals surface area contributed by atoms with Gasteiger partial charge in [0.05, 0.1) is 17.3 Å². The average Bonchev–Trinajstić information content (AvgIpc) is 2.87. The minimum Gasteiger partial charge on any atom is -0.510 e. The van der Waals surface area contributed by atoms with Crippen molar-refractivity contribution in [3.05, 3.63) is 39.9 Å². The van der Waals surface area contributed by atoms with E-state index in [0.29, 0.717) is 11.3 Å². The number of amides is 4. The molecule has 4 rings (SSSR count). The lowest BCUT2D eigenvalue weighted by Crippen LogP contribution is -2.63. The number of rotatable bonds is 5. The highest BCUT2D eigenvalue weighted by molar-refractivity contribution is 6.28. The molecule has 0 saturated carbocycles. The van der Waals surface area contributed by atoms with Crippen molar-refractivity contribution in [2.45, 2.75) is 24.5 Å². The maximum Gasteiger partial charge on any atom is 0.326 e. The van der Waals surface area contributed by atoms with Crippen LogP contribution in [0.3, 0.4) is 0 Å². The molecule has 0 bridgehead atoms. The van der Waals surface area contributed by atoms with Crippen LogP contribution in [0.25, 0.3) is 0 Å². The number of nitrogens with two attached hydrogens (primary N) is 1. The SMILES string of the molecule is CN(C)c1cc(NC(=O)NC(=O)CCl)c(O)c2c1C[C@H]1C[C@H]3[C@H](N(C)C)C(O)=C(C(N)=O)C(=O)[C@@]3(O)C(O)=C1C2=O. The molecule has 1 aromatic carbocycles. The van der Waals surface area contributed by atoms with Crippen molar-refractivity contribution in [2.24, 2.45) is 17.6 Å². The first-order valence-electron chi connectivity index (χ1n) is 12.5. The van der Waals surface area contributed by atoms with Gasteiger partial charge in [-0.15, -0.1) is 11.6 Å². The molecule has 8 N–H and O–H groups in total.